The predicted molar refractivity (Wildman–Crippen MR) is 96.4 cm³/mol. The summed E-state index contributed by atoms with van der Waals surface area (Å²) in [6, 6.07) is 4.69. The van der Waals surface area contributed by atoms with Gasteiger partial charge in [-0.15, -0.1) is 0 Å². The summed E-state index contributed by atoms with van der Waals surface area (Å²) in [6.45, 7) is 4.38. The lowest BCUT2D eigenvalue weighted by atomic mass is 9.89. The van der Waals surface area contributed by atoms with Crippen molar-refractivity contribution in [2.45, 2.75) is 31.7 Å². The van der Waals surface area contributed by atoms with Crippen molar-refractivity contribution in [1.82, 2.24) is 10.2 Å². The second-order valence-corrected chi connectivity index (χ2v) is 7.36. The molecule has 2 aliphatic rings. The number of hydrogen-bond donors (Lipinski definition) is 1. The first-order valence-corrected chi connectivity index (χ1v) is 9.40. The Morgan fingerprint density at radius 3 is 2.30 bits per heavy atom. The van der Waals surface area contributed by atoms with Gasteiger partial charge >= 0.3 is 0 Å². The van der Waals surface area contributed by atoms with Crippen molar-refractivity contribution < 1.29 is 9.47 Å². The van der Waals surface area contributed by atoms with Crippen molar-refractivity contribution in [1.29, 1.82) is 0 Å². The van der Waals surface area contributed by atoms with Crippen LogP contribution in [-0.2, 0) is 0 Å². The van der Waals surface area contributed by atoms with Gasteiger partial charge in [0.25, 0.3) is 0 Å². The van der Waals surface area contributed by atoms with Crippen LogP contribution in [0.1, 0.15) is 37.3 Å². The molecule has 0 unspecified atom stereocenters. The molecule has 0 radical (unpaired) electrons. The molecule has 3 rings (SSSR count). The average Bonchev–Trinajstić information content (AvgIpc) is 3.11. The Bertz CT molecular complexity index is 526. The van der Waals surface area contributed by atoms with Gasteiger partial charge in [0, 0.05) is 36.7 Å². The van der Waals surface area contributed by atoms with Gasteiger partial charge in [-0.25, -0.2) is 0 Å². The molecular weight excluding hydrogens is 356 g/mol. The highest BCUT2D eigenvalue weighted by Crippen LogP contribution is 2.45. The van der Waals surface area contributed by atoms with Gasteiger partial charge in [0.2, 0.25) is 0 Å². The highest BCUT2D eigenvalue weighted by Gasteiger charge is 2.33. The van der Waals surface area contributed by atoms with Crippen LogP contribution < -0.4 is 14.8 Å². The van der Waals surface area contributed by atoms with Crippen LogP contribution >= 0.6 is 15.9 Å². The van der Waals surface area contributed by atoms with Gasteiger partial charge < -0.3 is 14.8 Å². The third kappa shape index (κ3) is 3.67. The minimum atomic E-state index is 0.466. The number of benzene rings is 1. The largest absolute Gasteiger partial charge is 0.493 e. The molecule has 0 bridgehead atoms. The molecule has 1 aromatic carbocycles. The first-order chi connectivity index (χ1) is 11.2. The van der Waals surface area contributed by atoms with E-state index in [1.54, 1.807) is 14.2 Å². The minimum absolute atomic E-state index is 0.466. The van der Waals surface area contributed by atoms with Gasteiger partial charge in [0.1, 0.15) is 0 Å². The molecule has 0 spiro atoms. The Balaban J connectivity index is 1.97. The summed E-state index contributed by atoms with van der Waals surface area (Å²) >= 11 is 3.79. The summed E-state index contributed by atoms with van der Waals surface area (Å²) < 4.78 is 12.1. The lowest BCUT2D eigenvalue weighted by Gasteiger charge is -2.39. The van der Waals surface area contributed by atoms with Crippen molar-refractivity contribution in [3.63, 3.8) is 0 Å². The molecule has 1 saturated heterocycles. The lowest BCUT2D eigenvalue weighted by molar-refractivity contribution is 0.125. The first-order valence-electron chi connectivity index (χ1n) is 8.60. The van der Waals surface area contributed by atoms with E-state index in [-0.39, 0.29) is 0 Å². The fraction of sp³-hybridized carbons (Fsp3) is 0.667. The quantitative estimate of drug-likeness (QED) is 0.843. The van der Waals surface area contributed by atoms with E-state index in [0.29, 0.717) is 6.04 Å². The van der Waals surface area contributed by atoms with Crippen molar-refractivity contribution in [2.24, 2.45) is 5.92 Å². The normalized spacial score (nSPS) is 21.3. The van der Waals surface area contributed by atoms with Crippen molar-refractivity contribution in [3.8, 4) is 11.5 Å². The fourth-order valence-electron chi connectivity index (χ4n) is 4.08. The van der Waals surface area contributed by atoms with Crippen LogP contribution in [0.5, 0.6) is 11.5 Å². The van der Waals surface area contributed by atoms with Gasteiger partial charge in [0.05, 0.1) is 14.2 Å². The zero-order valence-electron chi connectivity index (χ0n) is 14.1. The number of piperazine rings is 1. The molecule has 1 heterocycles. The molecule has 4 nitrogen and oxygen atoms in total. The zero-order valence-corrected chi connectivity index (χ0v) is 15.7. The number of hydrogen-bond acceptors (Lipinski definition) is 4. The summed E-state index contributed by atoms with van der Waals surface area (Å²) in [6.07, 6.45) is 5.38. The van der Waals surface area contributed by atoms with E-state index in [1.165, 1.54) is 31.2 Å². The monoisotopic (exact) mass is 382 g/mol. The van der Waals surface area contributed by atoms with Crippen LogP contribution in [0, 0.1) is 5.92 Å². The van der Waals surface area contributed by atoms with Crippen LogP contribution in [0.3, 0.4) is 0 Å². The number of rotatable bonds is 5. The highest BCUT2D eigenvalue weighted by molar-refractivity contribution is 9.10. The van der Waals surface area contributed by atoms with E-state index in [0.717, 1.165) is 48.1 Å². The van der Waals surface area contributed by atoms with E-state index in [1.807, 2.05) is 0 Å². The van der Waals surface area contributed by atoms with E-state index in [9.17, 15) is 0 Å². The van der Waals surface area contributed by atoms with Crippen molar-refractivity contribution >= 4 is 15.9 Å². The summed E-state index contributed by atoms with van der Waals surface area (Å²) in [7, 11) is 3.40. The maximum Gasteiger partial charge on any atom is 0.161 e. The van der Waals surface area contributed by atoms with Crippen molar-refractivity contribution in [3.05, 3.63) is 22.2 Å². The third-order valence-corrected chi connectivity index (χ3v) is 5.90. The van der Waals surface area contributed by atoms with Crippen molar-refractivity contribution in [2.75, 3.05) is 40.4 Å². The van der Waals surface area contributed by atoms with Gasteiger partial charge in [-0.05, 0) is 36.5 Å². The molecule has 2 fully saturated rings. The Hall–Kier alpha value is -0.780. The molecule has 1 aliphatic carbocycles. The molecule has 128 valence electrons. The molecule has 1 N–H and O–H groups in total. The van der Waals surface area contributed by atoms with E-state index < -0.39 is 0 Å². The molecule has 0 aromatic heterocycles. The molecular formula is C18H27BrN2O2. The van der Waals surface area contributed by atoms with Crippen LogP contribution in [0.4, 0.5) is 0 Å². The zero-order chi connectivity index (χ0) is 16.2. The lowest BCUT2D eigenvalue weighted by Crippen LogP contribution is -2.46. The number of halogens is 1. The Morgan fingerprint density at radius 2 is 1.70 bits per heavy atom. The predicted octanol–water partition coefficient (Wildman–Crippen LogP) is 3.60. The molecule has 1 saturated carbocycles. The number of nitrogens with zero attached hydrogens (tertiary/aromatic N) is 1. The SMILES string of the molecule is COc1cc(Br)c([C@H](C2CCCC2)N2CCNCC2)cc1OC. The maximum atomic E-state index is 5.56. The highest BCUT2D eigenvalue weighted by atomic mass is 79.9. The molecule has 23 heavy (non-hydrogen) atoms. The topological polar surface area (TPSA) is 33.7 Å². The molecule has 1 atom stereocenters. The van der Waals surface area contributed by atoms with Crippen LogP contribution in [-0.4, -0.2) is 45.3 Å². The number of nitrogens with one attached hydrogen (secondary N) is 1. The van der Waals surface area contributed by atoms with E-state index in [4.69, 9.17) is 9.47 Å². The van der Waals surface area contributed by atoms with Crippen LogP contribution in [0.15, 0.2) is 16.6 Å². The van der Waals surface area contributed by atoms with E-state index >= 15 is 0 Å². The Morgan fingerprint density at radius 1 is 1.09 bits per heavy atom. The molecule has 1 aliphatic heterocycles. The fourth-order valence-corrected chi connectivity index (χ4v) is 4.64. The molecule has 0 amide bonds. The van der Waals surface area contributed by atoms with Crippen LogP contribution in [0.2, 0.25) is 0 Å². The second-order valence-electron chi connectivity index (χ2n) is 6.50. The Kier molecular flexibility index (Phi) is 5.83. The van der Waals surface area contributed by atoms with E-state index in [2.05, 4.69) is 38.3 Å². The summed E-state index contributed by atoms with van der Waals surface area (Å²) in [5.74, 6) is 2.35. The van der Waals surface area contributed by atoms with Gasteiger partial charge in [0.15, 0.2) is 11.5 Å². The Labute approximate surface area is 147 Å². The molecule has 5 heteroatoms. The third-order valence-electron chi connectivity index (χ3n) is 5.21. The second kappa shape index (κ2) is 7.86. The summed E-state index contributed by atoms with van der Waals surface area (Å²) in [5, 5.41) is 3.47. The first kappa shape index (κ1) is 17.1. The smallest absolute Gasteiger partial charge is 0.161 e. The van der Waals surface area contributed by atoms with Crippen LogP contribution in [0.25, 0.3) is 0 Å². The molecule has 1 aromatic rings. The minimum Gasteiger partial charge on any atom is -0.493 e. The summed E-state index contributed by atoms with van der Waals surface area (Å²) in [5.41, 5.74) is 1.34. The standard InChI is InChI=1S/C18H27BrN2O2/c1-22-16-11-14(15(19)12-17(16)23-2)18(13-5-3-4-6-13)21-9-7-20-8-10-21/h11-13,18,20H,3-10H2,1-2H3/t18-/m0/s1. The average molecular weight is 383 g/mol. The maximum absolute atomic E-state index is 5.56. The van der Waals surface area contributed by atoms with Gasteiger partial charge in [-0.1, -0.05) is 28.8 Å². The number of methoxy groups -OCH3 is 2. The van der Waals surface area contributed by atoms with Gasteiger partial charge in [-0.2, -0.15) is 0 Å². The number of ether oxygens (including phenoxy) is 2. The van der Waals surface area contributed by atoms with Gasteiger partial charge in [-0.3, -0.25) is 4.90 Å². The summed E-state index contributed by atoms with van der Waals surface area (Å²) in [4.78, 5) is 2.65.